The summed E-state index contributed by atoms with van der Waals surface area (Å²) in [6.45, 7) is 30.6. The number of nitrogens with zero attached hydrogens (tertiary/aromatic N) is 2. The molecule has 0 aliphatic rings. The molecule has 3 N–H and O–H groups in total. The van der Waals surface area contributed by atoms with Gasteiger partial charge in [-0.2, -0.15) is 13.9 Å². The molecule has 0 saturated carbocycles. The van der Waals surface area contributed by atoms with E-state index < -0.39 is 72.8 Å². The molecule has 0 spiro atoms. The van der Waals surface area contributed by atoms with Crippen LogP contribution in [0.5, 0.6) is 17.2 Å². The Kier molecular flexibility index (Phi) is 35.7. The Morgan fingerprint density at radius 1 is 0.559 bits per heavy atom. The summed E-state index contributed by atoms with van der Waals surface area (Å²) in [4.78, 5) is 28.0. The van der Waals surface area contributed by atoms with Gasteiger partial charge in [0.25, 0.3) is 0 Å². The van der Waals surface area contributed by atoms with Crippen LogP contribution < -0.4 is 24.4 Å². The van der Waals surface area contributed by atoms with Gasteiger partial charge in [0, 0.05) is 22.5 Å². The SMILES string of the molecule is CCC(CC)OC(=O)[C@H](C)N.CCC(CC)OC(=O)[C@H](C)NP(=O)(Oc1ccccc1)Oc1c(F)c(F)c(F)c(F)c1F.CCN(CC)CC.CCN(CC)CC.O=P(Cl)(Cl)Oc1ccccc1. The Hall–Kier alpha value is -3.47. The first kappa shape index (κ1) is 66.6. The Balaban J connectivity index is 0. The molecule has 3 atom stereocenters. The number of rotatable bonds is 22. The summed E-state index contributed by atoms with van der Waals surface area (Å²) in [5, 5.41) is 2.12. The van der Waals surface area contributed by atoms with Gasteiger partial charge in [0.15, 0.2) is 0 Å². The number of halogens is 7. The number of nitrogens with two attached hydrogens (primary N) is 1. The minimum absolute atomic E-state index is 0.0356. The number of esters is 2. The molecule has 0 saturated heterocycles. The fraction of sp³-hybridized carbons (Fsp3) is 0.565. The van der Waals surface area contributed by atoms with Gasteiger partial charge in [-0.3, -0.25) is 9.59 Å². The first-order valence-electron chi connectivity index (χ1n) is 22.6. The van der Waals surface area contributed by atoms with Crippen LogP contribution in [0.2, 0.25) is 0 Å². The Labute approximate surface area is 410 Å². The van der Waals surface area contributed by atoms with Crippen molar-refractivity contribution in [1.82, 2.24) is 14.9 Å². The molecular formula is C46H73Cl2F5N4O9P2. The van der Waals surface area contributed by atoms with E-state index in [1.54, 1.807) is 57.2 Å². The number of ether oxygens (including phenoxy) is 2. The fourth-order valence-corrected chi connectivity index (χ4v) is 7.53. The molecular weight excluding hydrogens is 980 g/mol. The highest BCUT2D eigenvalue weighted by molar-refractivity contribution is 8.05. The third-order valence-electron chi connectivity index (χ3n) is 9.45. The molecule has 0 amide bonds. The van der Waals surface area contributed by atoms with Crippen molar-refractivity contribution in [3.05, 3.63) is 89.7 Å². The summed E-state index contributed by atoms with van der Waals surface area (Å²) < 4.78 is 117. The number of benzene rings is 3. The zero-order valence-electron chi connectivity index (χ0n) is 41.3. The highest BCUT2D eigenvalue weighted by Gasteiger charge is 2.38. The van der Waals surface area contributed by atoms with Gasteiger partial charge in [0.2, 0.25) is 34.8 Å². The van der Waals surface area contributed by atoms with Gasteiger partial charge >= 0.3 is 25.8 Å². The topological polar surface area (TPSA) is 159 Å². The zero-order chi connectivity index (χ0) is 52.6. The number of nitrogens with one attached hydrogen (secondary N) is 1. The van der Waals surface area contributed by atoms with Crippen LogP contribution in [0.15, 0.2) is 60.7 Å². The summed E-state index contributed by atoms with van der Waals surface area (Å²) in [7, 11) is -4.93. The van der Waals surface area contributed by atoms with Crippen LogP contribution in [-0.4, -0.2) is 85.3 Å². The van der Waals surface area contributed by atoms with Gasteiger partial charge in [-0.15, -0.1) is 0 Å². The predicted molar refractivity (Wildman–Crippen MR) is 262 cm³/mol. The Morgan fingerprint density at radius 3 is 1.18 bits per heavy atom. The number of hydrogen-bond acceptors (Lipinski definition) is 12. The highest BCUT2D eigenvalue weighted by atomic mass is 35.9. The first-order chi connectivity index (χ1) is 31.9. The van der Waals surface area contributed by atoms with Crippen LogP contribution in [0.25, 0.3) is 0 Å². The summed E-state index contributed by atoms with van der Waals surface area (Å²) in [6.07, 6.45) is -1.15. The lowest BCUT2D eigenvalue weighted by Gasteiger charge is -2.24. The summed E-state index contributed by atoms with van der Waals surface area (Å²) in [5.41, 5.74) is 5.32. The number of carbonyl (C=O) groups is 2. The third-order valence-corrected chi connectivity index (χ3v) is 11.9. The number of para-hydroxylation sites is 2. The van der Waals surface area contributed by atoms with Crippen molar-refractivity contribution in [3.63, 3.8) is 0 Å². The maximum absolute atomic E-state index is 14.1. The van der Waals surface area contributed by atoms with Crippen LogP contribution in [0.3, 0.4) is 0 Å². The molecule has 13 nitrogen and oxygen atoms in total. The number of hydrogen-bond donors (Lipinski definition) is 2. The molecule has 0 heterocycles. The summed E-state index contributed by atoms with van der Waals surface area (Å²) >= 11 is 10.3. The Morgan fingerprint density at radius 2 is 0.882 bits per heavy atom. The molecule has 0 aliphatic carbocycles. The third kappa shape index (κ3) is 27.7. The molecule has 68 heavy (non-hydrogen) atoms. The minimum Gasteiger partial charge on any atom is -0.461 e. The lowest BCUT2D eigenvalue weighted by atomic mass is 10.2. The van der Waals surface area contributed by atoms with E-state index in [-0.39, 0.29) is 17.8 Å². The molecule has 0 aliphatic heterocycles. The van der Waals surface area contributed by atoms with Crippen LogP contribution >= 0.6 is 36.3 Å². The quantitative estimate of drug-likeness (QED) is 0.0322. The van der Waals surface area contributed by atoms with E-state index in [1.165, 1.54) is 70.5 Å². The van der Waals surface area contributed by atoms with Crippen molar-refractivity contribution in [2.45, 2.75) is 133 Å². The van der Waals surface area contributed by atoms with Crippen molar-refractivity contribution in [3.8, 4) is 17.2 Å². The average Bonchev–Trinajstić information content (AvgIpc) is 3.31. The molecule has 3 aromatic carbocycles. The van der Waals surface area contributed by atoms with Crippen molar-refractivity contribution >= 4 is 48.2 Å². The second-order valence-electron chi connectivity index (χ2n) is 14.3. The van der Waals surface area contributed by atoms with Gasteiger partial charge in [-0.05, 0) is 103 Å². The van der Waals surface area contributed by atoms with E-state index in [1.807, 2.05) is 13.8 Å². The molecule has 0 bridgehead atoms. The van der Waals surface area contributed by atoms with Crippen LogP contribution in [0.4, 0.5) is 22.0 Å². The smallest absolute Gasteiger partial charge is 0.461 e. The summed E-state index contributed by atoms with van der Waals surface area (Å²) in [6, 6.07) is 13.7. The summed E-state index contributed by atoms with van der Waals surface area (Å²) in [5.74, 6) is -14.5. The van der Waals surface area contributed by atoms with Crippen LogP contribution in [-0.2, 0) is 28.2 Å². The second-order valence-corrected chi connectivity index (χ2v) is 20.2. The van der Waals surface area contributed by atoms with E-state index in [9.17, 15) is 40.7 Å². The maximum atomic E-state index is 14.1. The van der Waals surface area contributed by atoms with Gasteiger partial charge in [-0.1, -0.05) is 106 Å². The molecule has 0 fully saturated rings. The van der Waals surface area contributed by atoms with Crippen molar-refractivity contribution in [2.75, 3.05) is 39.3 Å². The molecule has 0 aromatic heterocycles. The fourth-order valence-electron chi connectivity index (χ4n) is 5.16. The molecule has 22 heteroatoms. The van der Waals surface area contributed by atoms with Gasteiger partial charge in [0.05, 0.1) is 0 Å². The predicted octanol–water partition coefficient (Wildman–Crippen LogP) is 13.1. The van der Waals surface area contributed by atoms with Gasteiger partial charge < -0.3 is 38.6 Å². The van der Waals surface area contributed by atoms with Crippen molar-refractivity contribution in [2.24, 2.45) is 5.73 Å². The Bertz CT molecular complexity index is 1880. The monoisotopic (exact) mass is 1050 g/mol. The lowest BCUT2D eigenvalue weighted by molar-refractivity contribution is -0.151. The van der Waals surface area contributed by atoms with E-state index in [0.29, 0.717) is 18.6 Å². The molecule has 1 unspecified atom stereocenters. The first-order valence-corrected chi connectivity index (χ1v) is 27.6. The van der Waals surface area contributed by atoms with Gasteiger partial charge in [0.1, 0.15) is 35.8 Å². The largest absolute Gasteiger partial charge is 0.513 e. The highest BCUT2D eigenvalue weighted by Crippen LogP contribution is 2.57. The van der Waals surface area contributed by atoms with Gasteiger partial charge in [-0.25, -0.2) is 22.3 Å². The van der Waals surface area contributed by atoms with Crippen LogP contribution in [0.1, 0.15) is 109 Å². The second kappa shape index (κ2) is 36.5. The zero-order valence-corrected chi connectivity index (χ0v) is 44.6. The average molecular weight is 1050 g/mol. The maximum Gasteiger partial charge on any atom is 0.513 e. The molecule has 3 rings (SSSR count). The van der Waals surface area contributed by atoms with E-state index in [0.717, 1.165) is 12.8 Å². The molecule has 0 radical (unpaired) electrons. The van der Waals surface area contributed by atoms with E-state index in [4.69, 9.17) is 42.2 Å². The van der Waals surface area contributed by atoms with E-state index in [2.05, 4.69) is 65.5 Å². The van der Waals surface area contributed by atoms with Crippen LogP contribution in [0, 0.1) is 29.1 Å². The molecule has 3 aromatic rings. The molecule has 390 valence electrons. The van der Waals surface area contributed by atoms with E-state index >= 15 is 0 Å². The standard InChI is InChI=1S/C20H21F5NO5P.C8H17NO2.C6H5Cl2O2P.2C6H15N/c1-4-12(5-2)29-20(27)11(3)26-32(28,30-13-9-7-6-8-10-13)31-19-17(24)15(22)14(21)16(23)18(19)25;1-4-7(5-2)11-8(10)6(3)9;7-11(8,9)10-6-4-2-1-3-5-6;2*1-4-7(5-2)6-3/h6-12H,4-5H2,1-3H3,(H,26,28);6-7H,4-5,9H2,1-3H3;1-5H;2*4-6H2,1-3H3/t11-,32?;6-;;;/m00.../s1. The minimum atomic E-state index is -4.93. The van der Waals surface area contributed by atoms with Crippen molar-refractivity contribution in [1.29, 1.82) is 0 Å². The lowest BCUT2D eigenvalue weighted by Crippen LogP contribution is -2.37. The van der Waals surface area contributed by atoms with Crippen molar-refractivity contribution < 1.29 is 63.7 Å². The normalized spacial score (nSPS) is 12.6. The number of carbonyl (C=O) groups excluding carboxylic acids is 2.